The molecule has 0 unspecified atom stereocenters. The van der Waals surface area contributed by atoms with Gasteiger partial charge < -0.3 is 36.5 Å². The lowest BCUT2D eigenvalue weighted by Gasteiger charge is -2.09. The van der Waals surface area contributed by atoms with Crippen molar-refractivity contribution in [3.05, 3.63) is 12.7 Å². The SMILES string of the molecule is C=CCCCCCNCCNCCNCCNCCNCCNOC(=O)O. The van der Waals surface area contributed by atoms with Gasteiger partial charge in [-0.1, -0.05) is 12.5 Å². The van der Waals surface area contributed by atoms with Gasteiger partial charge >= 0.3 is 6.16 Å². The van der Waals surface area contributed by atoms with Crippen molar-refractivity contribution in [3.8, 4) is 0 Å². The molecule has 0 spiro atoms. The molecule has 0 aliphatic heterocycles. The summed E-state index contributed by atoms with van der Waals surface area (Å²) in [4.78, 5) is 14.3. The van der Waals surface area contributed by atoms with Gasteiger partial charge in [-0.05, 0) is 25.8 Å². The molecule has 0 amide bonds. The second kappa shape index (κ2) is 22.8. The molecule has 160 valence electrons. The number of rotatable bonds is 22. The Morgan fingerprint density at radius 3 is 1.59 bits per heavy atom. The number of carboxylic acid groups (broad SMARTS) is 1. The van der Waals surface area contributed by atoms with E-state index in [-0.39, 0.29) is 0 Å². The van der Waals surface area contributed by atoms with Crippen molar-refractivity contribution in [2.45, 2.75) is 25.7 Å². The molecule has 0 heterocycles. The molecule has 0 aromatic heterocycles. The molecule has 0 saturated carbocycles. The van der Waals surface area contributed by atoms with Crippen LogP contribution in [-0.2, 0) is 4.84 Å². The molecule has 0 bridgehead atoms. The molecule has 9 heteroatoms. The van der Waals surface area contributed by atoms with Crippen LogP contribution >= 0.6 is 0 Å². The second-order valence-electron chi connectivity index (χ2n) is 6.15. The van der Waals surface area contributed by atoms with E-state index in [9.17, 15) is 4.79 Å². The maximum absolute atomic E-state index is 10.1. The summed E-state index contributed by atoms with van der Waals surface area (Å²) in [6, 6.07) is 0. The average molecular weight is 389 g/mol. The summed E-state index contributed by atoms with van der Waals surface area (Å²) in [6.45, 7) is 13.5. The van der Waals surface area contributed by atoms with Crippen LogP contribution in [0.5, 0.6) is 0 Å². The van der Waals surface area contributed by atoms with Crippen molar-refractivity contribution in [2.24, 2.45) is 0 Å². The van der Waals surface area contributed by atoms with Crippen LogP contribution in [0.4, 0.5) is 4.79 Å². The first kappa shape index (κ1) is 25.8. The fourth-order valence-corrected chi connectivity index (χ4v) is 2.30. The fourth-order valence-electron chi connectivity index (χ4n) is 2.30. The third-order valence-corrected chi connectivity index (χ3v) is 3.74. The summed E-state index contributed by atoms with van der Waals surface area (Å²) in [5, 5.41) is 25.0. The third kappa shape index (κ3) is 24.8. The molecule has 0 rings (SSSR count). The molecule has 0 aliphatic carbocycles. The van der Waals surface area contributed by atoms with Gasteiger partial charge in [-0.25, -0.2) is 4.79 Å². The van der Waals surface area contributed by atoms with Gasteiger partial charge in [0.1, 0.15) is 0 Å². The van der Waals surface area contributed by atoms with Crippen LogP contribution in [0, 0.1) is 0 Å². The molecule has 7 N–H and O–H groups in total. The lowest BCUT2D eigenvalue weighted by atomic mass is 10.2. The zero-order valence-electron chi connectivity index (χ0n) is 16.7. The van der Waals surface area contributed by atoms with Crippen LogP contribution < -0.4 is 32.1 Å². The molecule has 0 aromatic rings. The van der Waals surface area contributed by atoms with Crippen molar-refractivity contribution >= 4 is 6.16 Å². The van der Waals surface area contributed by atoms with Gasteiger partial charge in [0.2, 0.25) is 0 Å². The van der Waals surface area contributed by atoms with Crippen molar-refractivity contribution in [1.29, 1.82) is 0 Å². The number of nitrogens with one attached hydrogen (secondary N) is 6. The molecule has 0 aliphatic rings. The summed E-state index contributed by atoms with van der Waals surface area (Å²) >= 11 is 0. The van der Waals surface area contributed by atoms with E-state index in [0.717, 1.165) is 65.3 Å². The van der Waals surface area contributed by atoms with Gasteiger partial charge in [-0.2, -0.15) is 0 Å². The number of hydrogen-bond donors (Lipinski definition) is 7. The number of allylic oxidation sites excluding steroid dienone is 1. The predicted octanol–water partition coefficient (Wildman–Crippen LogP) is -0.120. The zero-order chi connectivity index (χ0) is 19.8. The lowest BCUT2D eigenvalue weighted by molar-refractivity contribution is 0.0447. The smallest absolute Gasteiger partial charge is 0.448 e. The zero-order valence-corrected chi connectivity index (χ0v) is 16.7. The molecule has 0 saturated heterocycles. The molecule has 27 heavy (non-hydrogen) atoms. The van der Waals surface area contributed by atoms with Crippen molar-refractivity contribution in [1.82, 2.24) is 32.1 Å². The Bertz CT molecular complexity index is 334. The summed E-state index contributed by atoms with van der Waals surface area (Å²) in [5.41, 5.74) is 2.34. The van der Waals surface area contributed by atoms with Crippen LogP contribution in [0.25, 0.3) is 0 Å². The van der Waals surface area contributed by atoms with E-state index in [1.807, 2.05) is 6.08 Å². The molecule has 0 radical (unpaired) electrons. The Labute approximate surface area is 164 Å². The normalized spacial score (nSPS) is 10.8. The van der Waals surface area contributed by atoms with Crippen LogP contribution in [0.3, 0.4) is 0 Å². The highest BCUT2D eigenvalue weighted by atomic mass is 16.8. The predicted molar refractivity (Wildman–Crippen MR) is 110 cm³/mol. The summed E-state index contributed by atoms with van der Waals surface area (Å²) in [6.07, 6.45) is 5.57. The number of hydroxylamine groups is 1. The second-order valence-corrected chi connectivity index (χ2v) is 6.15. The van der Waals surface area contributed by atoms with Crippen molar-refractivity contribution in [3.63, 3.8) is 0 Å². The number of hydrogen-bond acceptors (Lipinski definition) is 8. The maximum Gasteiger partial charge on any atom is 0.525 e. The Kier molecular flexibility index (Phi) is 21.8. The third-order valence-electron chi connectivity index (χ3n) is 3.74. The molecule has 0 atom stereocenters. The van der Waals surface area contributed by atoms with Gasteiger partial charge in [0.05, 0.1) is 0 Å². The van der Waals surface area contributed by atoms with Gasteiger partial charge in [0.15, 0.2) is 0 Å². The summed E-state index contributed by atoms with van der Waals surface area (Å²) < 4.78 is 0. The minimum absolute atomic E-state index is 0.451. The minimum Gasteiger partial charge on any atom is -0.448 e. The molecular formula is C18H40N6O3. The number of unbranched alkanes of at least 4 members (excludes halogenated alkanes) is 3. The largest absolute Gasteiger partial charge is 0.525 e. The van der Waals surface area contributed by atoms with Crippen molar-refractivity contribution in [2.75, 3.05) is 72.0 Å². The lowest BCUT2D eigenvalue weighted by Crippen LogP contribution is -2.37. The highest BCUT2D eigenvalue weighted by Gasteiger charge is 1.94. The first-order valence-corrected chi connectivity index (χ1v) is 10.0. The van der Waals surface area contributed by atoms with E-state index in [1.165, 1.54) is 19.3 Å². The Balaban J connectivity index is 2.99. The van der Waals surface area contributed by atoms with E-state index >= 15 is 0 Å². The monoisotopic (exact) mass is 388 g/mol. The Hall–Kier alpha value is -1.23. The molecule has 0 fully saturated rings. The van der Waals surface area contributed by atoms with Gasteiger partial charge in [0.25, 0.3) is 0 Å². The van der Waals surface area contributed by atoms with E-state index in [2.05, 4.69) is 43.5 Å². The van der Waals surface area contributed by atoms with Gasteiger partial charge in [0, 0.05) is 65.4 Å². The molecular weight excluding hydrogens is 348 g/mol. The Morgan fingerprint density at radius 1 is 0.704 bits per heavy atom. The van der Waals surface area contributed by atoms with E-state index < -0.39 is 6.16 Å². The fraction of sp³-hybridized carbons (Fsp3) is 0.833. The highest BCUT2D eigenvalue weighted by molar-refractivity contribution is 5.56. The minimum atomic E-state index is -1.32. The molecule has 9 nitrogen and oxygen atoms in total. The topological polar surface area (TPSA) is 119 Å². The first-order chi connectivity index (χ1) is 13.3. The van der Waals surface area contributed by atoms with Crippen LogP contribution in [-0.4, -0.2) is 83.3 Å². The van der Waals surface area contributed by atoms with E-state index in [4.69, 9.17) is 5.11 Å². The van der Waals surface area contributed by atoms with Crippen LogP contribution in [0.1, 0.15) is 25.7 Å². The van der Waals surface area contributed by atoms with Crippen LogP contribution in [0.2, 0.25) is 0 Å². The van der Waals surface area contributed by atoms with E-state index in [1.54, 1.807) is 0 Å². The Morgan fingerprint density at radius 2 is 1.15 bits per heavy atom. The summed E-state index contributed by atoms with van der Waals surface area (Å²) in [7, 11) is 0. The summed E-state index contributed by atoms with van der Waals surface area (Å²) in [5.74, 6) is 0. The maximum atomic E-state index is 10.1. The number of carbonyl (C=O) groups is 1. The van der Waals surface area contributed by atoms with Gasteiger partial charge in [-0.15, -0.1) is 12.1 Å². The molecule has 0 aromatic carbocycles. The first-order valence-electron chi connectivity index (χ1n) is 10.0. The standard InChI is InChI=1S/C18H40N6O3/c1-2-3-4-5-6-7-19-8-9-20-10-11-21-12-13-22-14-15-23-16-17-24-27-18(25)26/h2,19-24H,1,3-17H2,(H,25,26). The van der Waals surface area contributed by atoms with Crippen LogP contribution in [0.15, 0.2) is 12.7 Å². The highest BCUT2D eigenvalue weighted by Crippen LogP contribution is 1.98. The van der Waals surface area contributed by atoms with Gasteiger partial charge in [-0.3, -0.25) is 0 Å². The van der Waals surface area contributed by atoms with E-state index in [0.29, 0.717) is 13.1 Å². The average Bonchev–Trinajstić information content (AvgIpc) is 2.65. The van der Waals surface area contributed by atoms with Crippen molar-refractivity contribution < 1.29 is 14.7 Å². The quantitative estimate of drug-likeness (QED) is 0.0774.